The molecule has 1 saturated heterocycles. The molecule has 0 saturated carbocycles. The molecule has 3 atom stereocenters. The van der Waals surface area contributed by atoms with Gasteiger partial charge in [-0.25, -0.2) is 9.67 Å². The fourth-order valence-corrected chi connectivity index (χ4v) is 4.53. The number of nitrogens with one attached hydrogen (secondary N) is 1. The van der Waals surface area contributed by atoms with Crippen molar-refractivity contribution in [2.24, 2.45) is 0 Å². The highest BCUT2D eigenvalue weighted by Crippen LogP contribution is 2.24. The van der Waals surface area contributed by atoms with Gasteiger partial charge in [-0.3, -0.25) is 0 Å². The standard InChI is InChI=1S/C12H21N5O3S/c1-9-6-16(7-10(2)20-9)21(18,19)15-11-4-3-5-17-12(11)13-8-14-17/h8-11,15H,3-7H2,1-2H3/t9-,10-,11+/m1/s1. The van der Waals surface area contributed by atoms with Crippen LogP contribution in [0, 0.1) is 0 Å². The van der Waals surface area contributed by atoms with Crippen molar-refractivity contribution in [2.45, 2.75) is 51.5 Å². The van der Waals surface area contributed by atoms with E-state index in [4.69, 9.17) is 4.74 Å². The van der Waals surface area contributed by atoms with E-state index < -0.39 is 10.2 Å². The van der Waals surface area contributed by atoms with Gasteiger partial charge in [-0.05, 0) is 26.7 Å². The smallest absolute Gasteiger partial charge is 0.280 e. The Kier molecular flexibility index (Phi) is 4.00. The number of aryl methyl sites for hydroxylation is 1. The van der Waals surface area contributed by atoms with Crippen molar-refractivity contribution >= 4 is 10.2 Å². The van der Waals surface area contributed by atoms with Gasteiger partial charge in [0.1, 0.15) is 12.2 Å². The van der Waals surface area contributed by atoms with Crippen molar-refractivity contribution in [3.63, 3.8) is 0 Å². The highest BCUT2D eigenvalue weighted by Gasteiger charge is 2.34. The average Bonchev–Trinajstić information content (AvgIpc) is 2.86. The maximum atomic E-state index is 12.6. The Hall–Kier alpha value is -1.03. The van der Waals surface area contributed by atoms with Crippen molar-refractivity contribution in [1.82, 2.24) is 23.8 Å². The first-order chi connectivity index (χ1) is 9.95. The summed E-state index contributed by atoms with van der Waals surface area (Å²) < 4.78 is 36.7. The van der Waals surface area contributed by atoms with Crippen LogP contribution in [0.5, 0.6) is 0 Å². The van der Waals surface area contributed by atoms with Gasteiger partial charge in [0.2, 0.25) is 0 Å². The van der Waals surface area contributed by atoms with E-state index in [0.717, 1.165) is 19.4 Å². The zero-order chi connectivity index (χ0) is 15.0. The van der Waals surface area contributed by atoms with Crippen molar-refractivity contribution in [3.8, 4) is 0 Å². The molecule has 1 aromatic heterocycles. The summed E-state index contributed by atoms with van der Waals surface area (Å²) in [6.07, 6.45) is 2.91. The van der Waals surface area contributed by atoms with E-state index in [-0.39, 0.29) is 18.2 Å². The van der Waals surface area contributed by atoms with Crippen LogP contribution in [-0.4, -0.2) is 52.8 Å². The van der Waals surface area contributed by atoms with E-state index in [1.165, 1.54) is 10.6 Å². The zero-order valence-electron chi connectivity index (χ0n) is 12.3. The Morgan fingerprint density at radius 2 is 2.05 bits per heavy atom. The van der Waals surface area contributed by atoms with Crippen LogP contribution in [-0.2, 0) is 21.5 Å². The van der Waals surface area contributed by atoms with E-state index in [1.807, 2.05) is 13.8 Å². The third-order valence-electron chi connectivity index (χ3n) is 3.84. The second-order valence-corrected chi connectivity index (χ2v) is 7.44. The minimum atomic E-state index is -3.55. The third-order valence-corrected chi connectivity index (χ3v) is 5.40. The number of hydrogen-bond donors (Lipinski definition) is 1. The van der Waals surface area contributed by atoms with Gasteiger partial charge in [0.05, 0.1) is 18.2 Å². The fourth-order valence-electron chi connectivity index (χ4n) is 2.98. The summed E-state index contributed by atoms with van der Waals surface area (Å²) in [7, 11) is -3.55. The van der Waals surface area contributed by atoms with Gasteiger partial charge < -0.3 is 4.74 Å². The number of nitrogens with zero attached hydrogens (tertiary/aromatic N) is 4. The number of morpholine rings is 1. The SMILES string of the molecule is C[C@@H]1CN(S(=O)(=O)N[C@H]2CCCn3ncnc32)C[C@@H](C)O1. The van der Waals surface area contributed by atoms with Gasteiger partial charge >= 0.3 is 0 Å². The molecule has 3 rings (SSSR count). The van der Waals surface area contributed by atoms with Gasteiger partial charge in [-0.2, -0.15) is 22.5 Å². The second kappa shape index (κ2) is 5.64. The predicted molar refractivity (Wildman–Crippen MR) is 75.6 cm³/mol. The summed E-state index contributed by atoms with van der Waals surface area (Å²) in [5.74, 6) is 0.694. The van der Waals surface area contributed by atoms with Crippen LogP contribution in [0.2, 0.25) is 0 Å². The van der Waals surface area contributed by atoms with Gasteiger partial charge in [-0.1, -0.05) is 0 Å². The monoisotopic (exact) mass is 315 g/mol. The predicted octanol–water partition coefficient (Wildman–Crippen LogP) is 0.0566. The van der Waals surface area contributed by atoms with E-state index >= 15 is 0 Å². The molecule has 0 aromatic carbocycles. The summed E-state index contributed by atoms with van der Waals surface area (Å²) in [6, 6.07) is -0.306. The van der Waals surface area contributed by atoms with E-state index in [2.05, 4.69) is 14.8 Å². The molecule has 9 heteroatoms. The van der Waals surface area contributed by atoms with E-state index in [0.29, 0.717) is 18.9 Å². The van der Waals surface area contributed by atoms with Crippen molar-refractivity contribution in [1.29, 1.82) is 0 Å². The lowest BCUT2D eigenvalue weighted by atomic mass is 10.1. The molecule has 0 spiro atoms. The van der Waals surface area contributed by atoms with Crippen LogP contribution in [0.25, 0.3) is 0 Å². The lowest BCUT2D eigenvalue weighted by Gasteiger charge is -2.35. The van der Waals surface area contributed by atoms with E-state index in [9.17, 15) is 8.42 Å². The molecule has 2 aliphatic rings. The summed E-state index contributed by atoms with van der Waals surface area (Å²) in [5.41, 5.74) is 0. The molecule has 0 amide bonds. The second-order valence-electron chi connectivity index (χ2n) is 5.73. The normalized spacial score (nSPS) is 31.0. The number of ether oxygens (including phenoxy) is 1. The molecule has 0 bridgehead atoms. The Balaban J connectivity index is 1.75. The lowest BCUT2D eigenvalue weighted by molar-refractivity contribution is -0.0445. The molecule has 1 N–H and O–H groups in total. The number of rotatable bonds is 3. The van der Waals surface area contributed by atoms with Crippen LogP contribution in [0.4, 0.5) is 0 Å². The summed E-state index contributed by atoms with van der Waals surface area (Å²) >= 11 is 0. The van der Waals surface area contributed by atoms with Crippen molar-refractivity contribution < 1.29 is 13.2 Å². The Labute approximate surface area is 124 Å². The maximum absolute atomic E-state index is 12.6. The Bertz CT molecular complexity index is 592. The largest absolute Gasteiger partial charge is 0.373 e. The molecule has 118 valence electrons. The molecular formula is C12H21N5O3S. The minimum absolute atomic E-state index is 0.0969. The minimum Gasteiger partial charge on any atom is -0.373 e. The molecule has 0 aliphatic carbocycles. The topological polar surface area (TPSA) is 89.4 Å². The number of hydrogen-bond acceptors (Lipinski definition) is 5. The molecule has 8 nitrogen and oxygen atoms in total. The summed E-state index contributed by atoms with van der Waals surface area (Å²) in [6.45, 7) is 5.31. The lowest BCUT2D eigenvalue weighted by Crippen LogP contribution is -2.52. The van der Waals surface area contributed by atoms with Gasteiger partial charge in [0, 0.05) is 19.6 Å². The Morgan fingerprint density at radius 1 is 1.33 bits per heavy atom. The molecule has 1 fully saturated rings. The molecule has 2 aliphatic heterocycles. The highest BCUT2D eigenvalue weighted by molar-refractivity contribution is 7.87. The third kappa shape index (κ3) is 3.10. The quantitative estimate of drug-likeness (QED) is 0.852. The molecule has 1 aromatic rings. The first kappa shape index (κ1) is 14.9. The average molecular weight is 315 g/mol. The van der Waals surface area contributed by atoms with Crippen molar-refractivity contribution in [3.05, 3.63) is 12.2 Å². The van der Waals surface area contributed by atoms with Crippen LogP contribution in [0.3, 0.4) is 0 Å². The van der Waals surface area contributed by atoms with Crippen molar-refractivity contribution in [2.75, 3.05) is 13.1 Å². The van der Waals surface area contributed by atoms with Crippen LogP contribution < -0.4 is 4.72 Å². The van der Waals surface area contributed by atoms with Crippen LogP contribution in [0.1, 0.15) is 38.6 Å². The van der Waals surface area contributed by atoms with Gasteiger partial charge in [-0.15, -0.1) is 0 Å². The maximum Gasteiger partial charge on any atom is 0.280 e. The van der Waals surface area contributed by atoms with Gasteiger partial charge in [0.15, 0.2) is 0 Å². The highest BCUT2D eigenvalue weighted by atomic mass is 32.2. The molecule has 21 heavy (non-hydrogen) atoms. The van der Waals surface area contributed by atoms with Crippen LogP contribution in [0.15, 0.2) is 6.33 Å². The summed E-state index contributed by atoms with van der Waals surface area (Å²) in [5, 5.41) is 4.11. The zero-order valence-corrected chi connectivity index (χ0v) is 13.1. The fraction of sp³-hybridized carbons (Fsp3) is 0.833. The number of aromatic nitrogens is 3. The van der Waals surface area contributed by atoms with Crippen LogP contribution >= 0.6 is 0 Å². The molecule has 0 radical (unpaired) electrons. The first-order valence-corrected chi connectivity index (χ1v) is 8.70. The number of fused-ring (bicyclic) bond motifs is 1. The molecule has 0 unspecified atom stereocenters. The Morgan fingerprint density at radius 3 is 2.76 bits per heavy atom. The first-order valence-electron chi connectivity index (χ1n) is 7.26. The van der Waals surface area contributed by atoms with Gasteiger partial charge in [0.25, 0.3) is 10.2 Å². The molecular weight excluding hydrogens is 294 g/mol. The van der Waals surface area contributed by atoms with E-state index in [1.54, 1.807) is 4.68 Å². The summed E-state index contributed by atoms with van der Waals surface area (Å²) in [4.78, 5) is 4.18. The molecule has 3 heterocycles.